The first-order valence-electron chi connectivity index (χ1n) is 1.09. The summed E-state index contributed by atoms with van der Waals surface area (Å²) < 4.78 is -6.11. The van der Waals surface area contributed by atoms with Gasteiger partial charge in [-0.3, -0.25) is 0 Å². The summed E-state index contributed by atoms with van der Waals surface area (Å²) in [5.74, 6) is 0. The Balaban J connectivity index is 0. The summed E-state index contributed by atoms with van der Waals surface area (Å²) in [4.78, 5) is 0. The van der Waals surface area contributed by atoms with Crippen molar-refractivity contribution in [2.24, 2.45) is 0 Å². The van der Waals surface area contributed by atoms with Gasteiger partial charge in [-0.15, -0.1) is 0 Å². The second kappa shape index (κ2) is 1.53. The zero-order valence-corrected chi connectivity index (χ0v) is 14.5. The first-order valence-corrected chi connectivity index (χ1v) is 13.5. The Kier molecular flexibility index (Phi) is 2.38. The van der Waals surface area contributed by atoms with Crippen LogP contribution in [0.1, 0.15) is 0 Å². The number of hydrogen-bond acceptors (Lipinski definition) is 8. The van der Waals surface area contributed by atoms with Crippen molar-refractivity contribution in [1.82, 2.24) is 0 Å². The van der Waals surface area contributed by atoms with Crippen LogP contribution in [0.4, 0.5) is 0 Å². The molecule has 4 radical (unpaired) electrons. The largest absolute Gasteiger partial charge is 0 e. The summed E-state index contributed by atoms with van der Waals surface area (Å²) in [7, 11) is 35.9. The van der Waals surface area contributed by atoms with Gasteiger partial charge in [0.05, 0.1) is 0 Å². The maximum absolute atomic E-state index is 6.11. The van der Waals surface area contributed by atoms with Crippen LogP contribution in [0.15, 0.2) is 0 Å². The van der Waals surface area contributed by atoms with Gasteiger partial charge in [-0.2, -0.15) is 0 Å². The normalized spacial score (nSPS) is 27.2. The SMILES string of the molecule is [S]=[Co](=[S])(=[S])(=[S])(=[S])(=[S])(=[S])=[S].[Sn]. The summed E-state index contributed by atoms with van der Waals surface area (Å²) in [6.45, 7) is 0. The predicted molar refractivity (Wildman–Crippen MR) is 66.5 cm³/mol. The van der Waals surface area contributed by atoms with E-state index in [1.54, 1.807) is 0 Å². The van der Waals surface area contributed by atoms with Gasteiger partial charge < -0.3 is 0 Å². The van der Waals surface area contributed by atoms with Gasteiger partial charge in [-0.1, -0.05) is 0 Å². The van der Waals surface area contributed by atoms with Gasteiger partial charge in [-0.05, 0) is 0 Å². The molecule has 0 aromatic heterocycles. The number of hydrogen-bond donors (Lipinski definition) is 0. The first-order chi connectivity index (χ1) is 2.83. The minimum absolute atomic E-state index is 0. The average Bonchev–Trinajstić information content (AvgIpc) is 0.503. The average molecular weight is 434 g/mol. The van der Waals surface area contributed by atoms with E-state index in [9.17, 15) is 0 Å². The predicted octanol–water partition coefficient (Wildman–Crippen LogP) is 4.80. The minimum Gasteiger partial charge on any atom is 0 e. The van der Waals surface area contributed by atoms with Crippen molar-refractivity contribution in [3.63, 3.8) is 0 Å². The van der Waals surface area contributed by atoms with Crippen molar-refractivity contribution in [3.05, 3.63) is 0 Å². The van der Waals surface area contributed by atoms with E-state index in [0.29, 0.717) is 0 Å². The molecule has 0 heterocycles. The van der Waals surface area contributed by atoms with Crippen LogP contribution in [0.5, 0.6) is 0 Å². The number of rotatable bonds is 0. The fourth-order valence-corrected chi connectivity index (χ4v) is 0. The van der Waals surface area contributed by atoms with Crippen molar-refractivity contribution in [2.45, 2.75) is 0 Å². The van der Waals surface area contributed by atoms with Gasteiger partial charge in [0, 0.05) is 23.9 Å². The molecule has 0 rings (SSSR count). The van der Waals surface area contributed by atoms with Crippen molar-refractivity contribution in [2.75, 3.05) is 0 Å². The molecule has 10 heteroatoms. The summed E-state index contributed by atoms with van der Waals surface area (Å²) in [6.07, 6.45) is 0. The van der Waals surface area contributed by atoms with Crippen LogP contribution >= 0.6 is 84.8 Å². The first kappa shape index (κ1) is 15.5. The molecule has 0 fully saturated rings. The van der Waals surface area contributed by atoms with Crippen molar-refractivity contribution in [1.29, 1.82) is 0 Å². The molecule has 0 aromatic rings. The van der Waals surface area contributed by atoms with Crippen molar-refractivity contribution in [3.8, 4) is 0 Å². The molecule has 0 atom stereocenters. The van der Waals surface area contributed by atoms with Crippen LogP contribution in [-0.4, -0.2) is 23.9 Å². The molecule has 0 spiro atoms. The Bertz CT molecular complexity index is 880. The third-order valence-corrected chi connectivity index (χ3v) is 0. The van der Waals surface area contributed by atoms with Gasteiger partial charge in [-0.25, -0.2) is 0 Å². The van der Waals surface area contributed by atoms with E-state index in [1.165, 1.54) is 0 Å². The minimum atomic E-state index is -6.11. The maximum Gasteiger partial charge on any atom is 0 e. The van der Waals surface area contributed by atoms with Gasteiger partial charge in [0.1, 0.15) is 0 Å². The van der Waals surface area contributed by atoms with Crippen LogP contribution in [0, 0.1) is 0 Å². The molecule has 0 aliphatic heterocycles. The molecule has 10 heavy (non-hydrogen) atoms. The van der Waals surface area contributed by atoms with E-state index in [-0.39, 0.29) is 23.9 Å². The monoisotopic (exact) mass is 435 g/mol. The van der Waals surface area contributed by atoms with Gasteiger partial charge in [0.25, 0.3) is 0 Å². The molecule has 0 aliphatic rings. The molecular formula is CoS8Sn. The van der Waals surface area contributed by atoms with Gasteiger partial charge >= 0.3 is 80.4 Å². The van der Waals surface area contributed by atoms with Crippen molar-refractivity contribution < 1.29 is -4.47 Å². The smallest absolute Gasteiger partial charge is 0 e. The van der Waals surface area contributed by atoms with Gasteiger partial charge in [0.2, 0.25) is 0 Å². The summed E-state index contributed by atoms with van der Waals surface area (Å²) in [5.41, 5.74) is 0. The Morgan fingerprint density at radius 2 is 0.500 bits per heavy atom. The Labute approximate surface area is 102 Å². The van der Waals surface area contributed by atoms with Crippen LogP contribution < -0.4 is 0 Å². The van der Waals surface area contributed by atoms with E-state index in [2.05, 4.69) is 84.8 Å². The Hall–Kier alpha value is 3.07. The molecule has 0 amide bonds. The molecule has 0 saturated heterocycles. The van der Waals surface area contributed by atoms with E-state index >= 15 is 0 Å². The zero-order valence-electron chi connectivity index (χ0n) is 4.10. The van der Waals surface area contributed by atoms with Crippen LogP contribution in [0.25, 0.3) is 0 Å². The van der Waals surface area contributed by atoms with Crippen LogP contribution in [0.2, 0.25) is 0 Å². The summed E-state index contributed by atoms with van der Waals surface area (Å²) >= 11 is 0. The quantitative estimate of drug-likeness (QED) is 0.493. The molecule has 0 N–H and O–H groups in total. The molecule has 0 aliphatic carbocycles. The fourth-order valence-electron chi connectivity index (χ4n) is 0. The molecule has 0 aromatic carbocycles. The molecule has 0 nitrogen and oxygen atoms in total. The van der Waals surface area contributed by atoms with E-state index < -0.39 is -4.47 Å². The van der Waals surface area contributed by atoms with E-state index in [4.69, 9.17) is 0 Å². The topological polar surface area (TPSA) is 0 Å². The second-order valence-corrected chi connectivity index (χ2v) is 57.7. The van der Waals surface area contributed by atoms with E-state index in [0.717, 1.165) is 0 Å². The van der Waals surface area contributed by atoms with Crippen molar-refractivity contribution >= 4 is 109 Å². The van der Waals surface area contributed by atoms with Gasteiger partial charge in [0.15, 0.2) is 0 Å². The Morgan fingerprint density at radius 1 is 0.500 bits per heavy atom. The summed E-state index contributed by atoms with van der Waals surface area (Å²) in [5, 5.41) is 0. The third-order valence-electron chi connectivity index (χ3n) is 0. The molecule has 0 bridgehead atoms. The van der Waals surface area contributed by atoms with Crippen LogP contribution in [0.3, 0.4) is 0 Å². The third kappa shape index (κ3) is 119. The molecular weight excluding hydrogens is 434 g/mol. The fraction of sp³-hybridized carbons (Fsp3) is 0. The van der Waals surface area contributed by atoms with E-state index in [1.807, 2.05) is 0 Å². The molecule has 0 unspecified atom stereocenters. The second-order valence-electron chi connectivity index (χ2n) is 1.56. The standard InChI is InChI=1S/Co.8S.Sn. The molecule has 0 saturated carbocycles. The zero-order chi connectivity index (χ0) is 8.35. The Morgan fingerprint density at radius 3 is 0.500 bits per heavy atom. The summed E-state index contributed by atoms with van der Waals surface area (Å²) in [6, 6.07) is 0. The molecule has 61 valence electrons. The maximum atomic E-state index is 4.48. The van der Waals surface area contributed by atoms with Crippen LogP contribution in [-0.2, 0) is -4.47 Å².